The summed E-state index contributed by atoms with van der Waals surface area (Å²) in [5.74, 6) is 0.975. The quantitative estimate of drug-likeness (QED) is 0.915. The third kappa shape index (κ3) is 2.57. The molecular formula is C15H21N5O. The van der Waals surface area contributed by atoms with Crippen molar-refractivity contribution in [2.45, 2.75) is 45.7 Å². The Bertz CT molecular complexity index is 685. The van der Waals surface area contributed by atoms with E-state index in [-0.39, 0.29) is 17.5 Å². The van der Waals surface area contributed by atoms with E-state index in [4.69, 9.17) is 0 Å². The SMILES string of the molecule is Cc1cc2c(NC3CC(=O)N(C(C)(C)C)C3)nccn2n1. The minimum absolute atomic E-state index is 0.0885. The minimum Gasteiger partial charge on any atom is -0.363 e. The number of amides is 1. The van der Waals surface area contributed by atoms with Crippen LogP contribution in [0.5, 0.6) is 0 Å². The van der Waals surface area contributed by atoms with Crippen LogP contribution < -0.4 is 5.32 Å². The van der Waals surface area contributed by atoms with Crippen molar-refractivity contribution in [1.29, 1.82) is 0 Å². The molecule has 1 amide bonds. The first kappa shape index (κ1) is 13.9. The van der Waals surface area contributed by atoms with Crippen LogP contribution in [0, 0.1) is 6.92 Å². The zero-order valence-electron chi connectivity index (χ0n) is 12.9. The maximum atomic E-state index is 12.1. The van der Waals surface area contributed by atoms with Crippen molar-refractivity contribution in [2.24, 2.45) is 0 Å². The van der Waals surface area contributed by atoms with Gasteiger partial charge in [0.1, 0.15) is 5.52 Å². The number of carbonyl (C=O) groups excluding carboxylic acids is 1. The van der Waals surface area contributed by atoms with Crippen LogP contribution in [0.3, 0.4) is 0 Å². The number of hydrogen-bond acceptors (Lipinski definition) is 4. The van der Waals surface area contributed by atoms with Crippen LogP contribution in [-0.4, -0.2) is 43.5 Å². The highest BCUT2D eigenvalue weighted by Crippen LogP contribution is 2.25. The summed E-state index contributed by atoms with van der Waals surface area (Å²) in [6.45, 7) is 8.85. The van der Waals surface area contributed by atoms with Gasteiger partial charge in [-0.25, -0.2) is 9.50 Å². The summed E-state index contributed by atoms with van der Waals surface area (Å²) in [6.07, 6.45) is 4.06. The van der Waals surface area contributed by atoms with Crippen LogP contribution >= 0.6 is 0 Å². The summed E-state index contributed by atoms with van der Waals surface area (Å²) in [5, 5.41) is 7.77. The molecule has 2 aromatic heterocycles. The molecule has 1 aliphatic heterocycles. The molecule has 1 aliphatic rings. The molecule has 3 rings (SSSR count). The van der Waals surface area contributed by atoms with Crippen molar-refractivity contribution in [3.63, 3.8) is 0 Å². The van der Waals surface area contributed by atoms with Gasteiger partial charge in [0.25, 0.3) is 0 Å². The van der Waals surface area contributed by atoms with Crippen LogP contribution in [0.2, 0.25) is 0 Å². The lowest BCUT2D eigenvalue weighted by Crippen LogP contribution is -2.43. The van der Waals surface area contributed by atoms with Crippen molar-refractivity contribution in [3.8, 4) is 0 Å². The van der Waals surface area contributed by atoms with Gasteiger partial charge in [-0.2, -0.15) is 5.10 Å². The monoisotopic (exact) mass is 287 g/mol. The second-order valence-corrected chi connectivity index (χ2v) is 6.61. The molecule has 6 heteroatoms. The van der Waals surface area contributed by atoms with Gasteiger partial charge in [0.15, 0.2) is 5.82 Å². The number of hydrogen-bond donors (Lipinski definition) is 1. The lowest BCUT2D eigenvalue weighted by molar-refractivity contribution is -0.131. The average Bonchev–Trinajstić information content (AvgIpc) is 2.91. The highest BCUT2D eigenvalue weighted by Gasteiger charge is 2.36. The van der Waals surface area contributed by atoms with Gasteiger partial charge in [-0.05, 0) is 33.8 Å². The molecule has 3 heterocycles. The van der Waals surface area contributed by atoms with E-state index in [9.17, 15) is 4.79 Å². The first-order chi connectivity index (χ1) is 9.84. The van der Waals surface area contributed by atoms with E-state index in [0.29, 0.717) is 13.0 Å². The van der Waals surface area contributed by atoms with Gasteiger partial charge in [0.2, 0.25) is 5.91 Å². The molecule has 0 bridgehead atoms. The molecule has 0 aliphatic carbocycles. The maximum absolute atomic E-state index is 12.1. The van der Waals surface area contributed by atoms with Crippen LogP contribution in [0.1, 0.15) is 32.9 Å². The summed E-state index contributed by atoms with van der Waals surface area (Å²) in [6, 6.07) is 2.08. The highest BCUT2D eigenvalue weighted by molar-refractivity contribution is 5.81. The molecule has 1 saturated heterocycles. The largest absolute Gasteiger partial charge is 0.363 e. The summed E-state index contributed by atoms with van der Waals surface area (Å²) in [4.78, 5) is 18.5. The summed E-state index contributed by atoms with van der Waals surface area (Å²) in [7, 11) is 0. The average molecular weight is 287 g/mol. The first-order valence-electron chi connectivity index (χ1n) is 7.22. The smallest absolute Gasteiger partial charge is 0.225 e. The molecule has 21 heavy (non-hydrogen) atoms. The van der Waals surface area contributed by atoms with E-state index < -0.39 is 0 Å². The fraction of sp³-hybridized carbons (Fsp3) is 0.533. The third-order valence-electron chi connectivity index (χ3n) is 3.79. The second-order valence-electron chi connectivity index (χ2n) is 6.61. The van der Waals surface area contributed by atoms with Crippen molar-refractivity contribution in [3.05, 3.63) is 24.2 Å². The number of nitrogens with one attached hydrogen (secondary N) is 1. The molecule has 0 aromatic carbocycles. The molecular weight excluding hydrogens is 266 g/mol. The summed E-state index contributed by atoms with van der Waals surface area (Å²) in [5.41, 5.74) is 1.75. The number of nitrogens with zero attached hydrogens (tertiary/aromatic N) is 4. The van der Waals surface area contributed by atoms with Gasteiger partial charge in [0, 0.05) is 30.9 Å². The summed E-state index contributed by atoms with van der Waals surface area (Å²) >= 11 is 0. The molecule has 1 fully saturated rings. The Kier molecular flexibility index (Phi) is 3.11. The zero-order valence-corrected chi connectivity index (χ0v) is 12.9. The number of fused-ring (bicyclic) bond motifs is 1. The lowest BCUT2D eigenvalue weighted by Gasteiger charge is -2.32. The molecule has 6 nitrogen and oxygen atoms in total. The Labute approximate surface area is 124 Å². The van der Waals surface area contributed by atoms with E-state index in [1.165, 1.54) is 0 Å². The fourth-order valence-electron chi connectivity index (χ4n) is 2.80. The topological polar surface area (TPSA) is 62.5 Å². The predicted octanol–water partition coefficient (Wildman–Crippen LogP) is 1.85. The van der Waals surface area contributed by atoms with Crippen molar-refractivity contribution in [2.75, 3.05) is 11.9 Å². The van der Waals surface area contributed by atoms with Gasteiger partial charge >= 0.3 is 0 Å². The van der Waals surface area contributed by atoms with Crippen molar-refractivity contribution in [1.82, 2.24) is 19.5 Å². The molecule has 112 valence electrons. The molecule has 0 spiro atoms. The van der Waals surface area contributed by atoms with Gasteiger partial charge in [-0.1, -0.05) is 0 Å². The predicted molar refractivity (Wildman–Crippen MR) is 81.2 cm³/mol. The number of carbonyl (C=O) groups is 1. The molecule has 1 atom stereocenters. The van der Waals surface area contributed by atoms with Crippen molar-refractivity contribution < 1.29 is 4.79 Å². The van der Waals surface area contributed by atoms with Crippen LogP contribution in [0.4, 0.5) is 5.82 Å². The van der Waals surface area contributed by atoms with Crippen LogP contribution in [-0.2, 0) is 4.79 Å². The van der Waals surface area contributed by atoms with Gasteiger partial charge in [-0.15, -0.1) is 0 Å². The normalized spacial score (nSPS) is 19.5. The molecule has 1 unspecified atom stereocenters. The van der Waals surface area contributed by atoms with Crippen molar-refractivity contribution >= 4 is 17.2 Å². The number of aromatic nitrogens is 3. The van der Waals surface area contributed by atoms with E-state index >= 15 is 0 Å². The number of likely N-dealkylation sites (tertiary alicyclic amines) is 1. The number of anilines is 1. The molecule has 1 N–H and O–H groups in total. The molecule has 0 radical (unpaired) electrons. The third-order valence-corrected chi connectivity index (χ3v) is 3.79. The zero-order chi connectivity index (χ0) is 15.2. The van der Waals surface area contributed by atoms with E-state index in [0.717, 1.165) is 17.0 Å². The van der Waals surface area contributed by atoms with Crippen LogP contribution in [0.25, 0.3) is 5.52 Å². The van der Waals surface area contributed by atoms with Gasteiger partial charge in [0.05, 0.1) is 11.7 Å². The Balaban J connectivity index is 1.82. The second kappa shape index (κ2) is 4.72. The van der Waals surface area contributed by atoms with E-state index in [1.54, 1.807) is 6.20 Å². The molecule has 0 saturated carbocycles. The number of aryl methyl sites for hydroxylation is 1. The lowest BCUT2D eigenvalue weighted by atomic mass is 10.1. The van der Waals surface area contributed by atoms with Crippen LogP contribution in [0.15, 0.2) is 18.5 Å². The molecule has 2 aromatic rings. The van der Waals surface area contributed by atoms with E-state index in [1.807, 2.05) is 28.6 Å². The summed E-state index contributed by atoms with van der Waals surface area (Å²) < 4.78 is 1.81. The number of rotatable bonds is 2. The Morgan fingerprint density at radius 3 is 2.81 bits per heavy atom. The Morgan fingerprint density at radius 1 is 1.38 bits per heavy atom. The fourth-order valence-corrected chi connectivity index (χ4v) is 2.80. The van der Waals surface area contributed by atoms with E-state index in [2.05, 4.69) is 36.2 Å². The maximum Gasteiger partial charge on any atom is 0.225 e. The van der Waals surface area contributed by atoms with Gasteiger partial charge in [-0.3, -0.25) is 4.79 Å². The first-order valence-corrected chi connectivity index (χ1v) is 7.22. The minimum atomic E-state index is -0.139. The Hall–Kier alpha value is -2.11. The highest BCUT2D eigenvalue weighted by atomic mass is 16.2. The van der Waals surface area contributed by atoms with Gasteiger partial charge < -0.3 is 10.2 Å². The standard InChI is InChI=1S/C15H21N5O/c1-10-7-12-14(16-5-6-20(12)18-10)17-11-8-13(21)19(9-11)15(2,3)4/h5-7,11H,8-9H2,1-4H3,(H,16,17). The Morgan fingerprint density at radius 2 is 2.14 bits per heavy atom.